The first-order valence-corrected chi connectivity index (χ1v) is 12.7. The van der Waals surface area contributed by atoms with Crippen molar-refractivity contribution < 1.29 is 28.9 Å². The Balaban J connectivity index is 1.50. The largest absolute Gasteiger partial charge is 0.507 e. The van der Waals surface area contributed by atoms with E-state index in [9.17, 15) is 14.7 Å². The van der Waals surface area contributed by atoms with Crippen molar-refractivity contribution in [1.82, 2.24) is 0 Å². The first-order valence-electron chi connectivity index (χ1n) is 12.7. The Morgan fingerprint density at radius 1 is 0.868 bits per heavy atom. The molecule has 1 fully saturated rings. The second-order valence-electron chi connectivity index (χ2n) is 9.76. The lowest BCUT2D eigenvalue weighted by molar-refractivity contribution is -0.132. The van der Waals surface area contributed by atoms with Gasteiger partial charge in [-0.05, 0) is 66.4 Å². The van der Waals surface area contributed by atoms with Crippen molar-refractivity contribution in [3.8, 4) is 17.2 Å². The summed E-state index contributed by atoms with van der Waals surface area (Å²) in [7, 11) is 3.88. The minimum absolute atomic E-state index is 0.0409. The summed E-state index contributed by atoms with van der Waals surface area (Å²) in [6, 6.07) is 17.3. The fraction of sp³-hybridized carbons (Fsp3) is 0.267. The predicted molar refractivity (Wildman–Crippen MR) is 143 cm³/mol. The normalized spacial score (nSPS) is 19.6. The molecule has 1 N–H and O–H groups in total. The van der Waals surface area contributed by atoms with Crippen molar-refractivity contribution in [1.29, 1.82) is 0 Å². The van der Waals surface area contributed by atoms with Crippen LogP contribution in [0.15, 0.2) is 66.2 Å². The summed E-state index contributed by atoms with van der Waals surface area (Å²) in [4.78, 5) is 30.5. The van der Waals surface area contributed by atoms with Crippen LogP contribution < -0.4 is 24.0 Å². The van der Waals surface area contributed by atoms with Gasteiger partial charge >= 0.3 is 0 Å². The molecule has 3 aliphatic heterocycles. The maximum absolute atomic E-state index is 13.5. The molecule has 0 saturated carbocycles. The molecule has 1 amide bonds. The highest BCUT2D eigenvalue weighted by molar-refractivity contribution is 6.51. The van der Waals surface area contributed by atoms with E-state index in [1.807, 2.05) is 49.3 Å². The summed E-state index contributed by atoms with van der Waals surface area (Å²) in [5.74, 6) is 0.199. The number of aryl methyl sites for hydroxylation is 1. The average molecular weight is 513 g/mol. The molecular formula is C30H28N2O6. The Labute approximate surface area is 220 Å². The number of amides is 1. The Morgan fingerprint density at radius 2 is 1.58 bits per heavy atom. The monoisotopic (exact) mass is 512 g/mol. The van der Waals surface area contributed by atoms with Gasteiger partial charge in [-0.3, -0.25) is 14.5 Å². The molecule has 8 heteroatoms. The molecule has 0 bridgehead atoms. The number of carbonyl (C=O) groups is 2. The fourth-order valence-corrected chi connectivity index (χ4v) is 5.21. The molecule has 3 aliphatic rings. The zero-order valence-electron chi connectivity index (χ0n) is 21.3. The van der Waals surface area contributed by atoms with Crippen LogP contribution in [0.25, 0.3) is 5.76 Å². The van der Waals surface area contributed by atoms with E-state index in [1.165, 1.54) is 4.90 Å². The van der Waals surface area contributed by atoms with Crippen molar-refractivity contribution in [2.75, 3.05) is 43.7 Å². The zero-order valence-corrected chi connectivity index (χ0v) is 21.3. The lowest BCUT2D eigenvalue weighted by atomic mass is 9.93. The number of Topliss-reactive ketones (excluding diaryl/α,β-unsaturated/α-hetero) is 1. The Kier molecular flexibility index (Phi) is 5.94. The summed E-state index contributed by atoms with van der Waals surface area (Å²) in [5, 5.41) is 11.5. The van der Waals surface area contributed by atoms with Gasteiger partial charge in [0.2, 0.25) is 0 Å². The third kappa shape index (κ3) is 4.02. The summed E-state index contributed by atoms with van der Waals surface area (Å²) >= 11 is 0. The van der Waals surface area contributed by atoms with E-state index in [0.717, 1.165) is 29.8 Å². The maximum atomic E-state index is 13.5. The van der Waals surface area contributed by atoms with Gasteiger partial charge in [-0.15, -0.1) is 0 Å². The van der Waals surface area contributed by atoms with Crippen molar-refractivity contribution in [2.24, 2.45) is 0 Å². The summed E-state index contributed by atoms with van der Waals surface area (Å²) in [6.07, 6.45) is 1.70. The van der Waals surface area contributed by atoms with Gasteiger partial charge in [-0.1, -0.05) is 12.1 Å². The molecule has 0 aliphatic carbocycles. The van der Waals surface area contributed by atoms with Gasteiger partial charge in [0, 0.05) is 37.1 Å². The number of aliphatic hydroxyl groups is 1. The molecule has 194 valence electrons. The van der Waals surface area contributed by atoms with Gasteiger partial charge in [0.1, 0.15) is 24.7 Å². The number of aliphatic hydroxyl groups excluding tert-OH is 1. The van der Waals surface area contributed by atoms with Crippen molar-refractivity contribution in [3.05, 3.63) is 82.9 Å². The minimum atomic E-state index is -0.832. The number of ether oxygens (including phenoxy) is 3. The molecule has 1 atom stereocenters. The highest BCUT2D eigenvalue weighted by atomic mass is 16.6. The number of rotatable bonds is 4. The van der Waals surface area contributed by atoms with E-state index >= 15 is 0 Å². The first-order chi connectivity index (χ1) is 18.4. The molecule has 8 nitrogen and oxygen atoms in total. The van der Waals surface area contributed by atoms with Crippen LogP contribution in [0, 0.1) is 0 Å². The second-order valence-corrected chi connectivity index (χ2v) is 9.76. The zero-order chi connectivity index (χ0) is 26.4. The van der Waals surface area contributed by atoms with Crippen molar-refractivity contribution in [3.63, 3.8) is 0 Å². The van der Waals surface area contributed by atoms with Gasteiger partial charge in [0.05, 0.1) is 18.2 Å². The van der Waals surface area contributed by atoms with Crippen LogP contribution >= 0.6 is 0 Å². The number of ketones is 1. The molecule has 1 unspecified atom stereocenters. The second kappa shape index (κ2) is 9.45. The number of benzene rings is 3. The van der Waals surface area contributed by atoms with E-state index in [-0.39, 0.29) is 11.3 Å². The van der Waals surface area contributed by atoms with Crippen LogP contribution in [0.1, 0.15) is 29.2 Å². The minimum Gasteiger partial charge on any atom is -0.507 e. The van der Waals surface area contributed by atoms with Crippen molar-refractivity contribution in [2.45, 2.75) is 18.9 Å². The molecule has 0 spiro atoms. The van der Waals surface area contributed by atoms with Gasteiger partial charge in [0.15, 0.2) is 11.5 Å². The molecule has 1 saturated heterocycles. The molecule has 3 heterocycles. The molecule has 0 radical (unpaired) electrons. The highest BCUT2D eigenvalue weighted by Crippen LogP contribution is 2.45. The molecule has 3 aromatic carbocycles. The van der Waals surface area contributed by atoms with Crippen molar-refractivity contribution >= 4 is 28.8 Å². The Hall–Kier alpha value is -4.46. The number of fused-ring (bicyclic) bond motifs is 2. The average Bonchev–Trinajstić information content (AvgIpc) is 3.22. The van der Waals surface area contributed by atoms with E-state index < -0.39 is 17.7 Å². The van der Waals surface area contributed by atoms with E-state index in [4.69, 9.17) is 14.2 Å². The van der Waals surface area contributed by atoms with Gasteiger partial charge in [-0.25, -0.2) is 0 Å². The quantitative estimate of drug-likeness (QED) is 0.313. The van der Waals surface area contributed by atoms with Gasteiger partial charge in [0.25, 0.3) is 11.7 Å². The molecule has 38 heavy (non-hydrogen) atoms. The van der Waals surface area contributed by atoms with E-state index in [1.54, 1.807) is 30.3 Å². The Morgan fingerprint density at radius 3 is 2.34 bits per heavy atom. The number of anilines is 2. The smallest absolute Gasteiger partial charge is 0.300 e. The first kappa shape index (κ1) is 23.9. The fourth-order valence-electron chi connectivity index (χ4n) is 5.21. The number of nitrogens with zero attached hydrogens (tertiary/aromatic N) is 2. The summed E-state index contributed by atoms with van der Waals surface area (Å²) in [5.41, 5.74) is 3.64. The third-order valence-electron chi connectivity index (χ3n) is 7.16. The standard InChI is InChI=1S/C30H28N2O6/c1-31(2)21-8-5-18(6-9-21)27-26(28(33)20-7-11-23-19(16-20)4-3-13-36-23)29(34)30(35)32(27)22-10-12-24-25(17-22)38-15-14-37-24/h5-12,16-17,27,33H,3-4,13-15H2,1-2H3/b28-26+. The topological polar surface area (TPSA) is 88.5 Å². The lowest BCUT2D eigenvalue weighted by Crippen LogP contribution is -2.29. The number of hydrogen-bond donors (Lipinski definition) is 1. The molecular weight excluding hydrogens is 484 g/mol. The SMILES string of the molecule is CN(C)c1ccc(C2/C(=C(\O)c3ccc4c(c3)CCCO4)C(=O)C(=O)N2c2ccc3c(c2)OCCO3)cc1. The van der Waals surface area contributed by atoms with Gasteiger partial charge < -0.3 is 24.2 Å². The summed E-state index contributed by atoms with van der Waals surface area (Å²) in [6.45, 7) is 1.50. The third-order valence-corrected chi connectivity index (χ3v) is 7.16. The van der Waals surface area contributed by atoms with Crippen LogP contribution in [-0.2, 0) is 16.0 Å². The molecule has 0 aromatic heterocycles. The molecule has 6 rings (SSSR count). The van der Waals surface area contributed by atoms with Crippen LogP contribution in [0.4, 0.5) is 11.4 Å². The molecule has 3 aromatic rings. The van der Waals surface area contributed by atoms with Crippen LogP contribution in [0.5, 0.6) is 17.2 Å². The van der Waals surface area contributed by atoms with E-state index in [2.05, 4.69) is 0 Å². The predicted octanol–water partition coefficient (Wildman–Crippen LogP) is 4.48. The van der Waals surface area contributed by atoms with Crippen LogP contribution in [0.3, 0.4) is 0 Å². The van der Waals surface area contributed by atoms with Crippen LogP contribution in [-0.4, -0.2) is 50.7 Å². The van der Waals surface area contributed by atoms with E-state index in [0.29, 0.717) is 48.1 Å². The maximum Gasteiger partial charge on any atom is 0.300 e. The van der Waals surface area contributed by atoms with Crippen LogP contribution in [0.2, 0.25) is 0 Å². The Bertz CT molecular complexity index is 1460. The number of hydrogen-bond acceptors (Lipinski definition) is 7. The number of carbonyl (C=O) groups excluding carboxylic acids is 2. The van der Waals surface area contributed by atoms with Gasteiger partial charge in [-0.2, -0.15) is 0 Å². The lowest BCUT2D eigenvalue weighted by Gasteiger charge is -2.27. The summed E-state index contributed by atoms with van der Waals surface area (Å²) < 4.78 is 17.1. The highest BCUT2D eigenvalue weighted by Gasteiger charge is 2.47.